The first-order valence-electron chi connectivity index (χ1n) is 11.2. The highest BCUT2D eigenvalue weighted by atomic mass is 35.5. The van der Waals surface area contributed by atoms with Crippen molar-refractivity contribution in [3.63, 3.8) is 0 Å². The van der Waals surface area contributed by atoms with Gasteiger partial charge in [-0.15, -0.1) is 10.2 Å². The number of rotatable bonds is 8. The molecular weight excluding hydrogens is 466 g/mol. The van der Waals surface area contributed by atoms with Gasteiger partial charge in [-0.2, -0.15) is 0 Å². The van der Waals surface area contributed by atoms with E-state index in [0.717, 1.165) is 28.0 Å². The lowest BCUT2D eigenvalue weighted by Crippen LogP contribution is -2.32. The fraction of sp³-hybridized carbons (Fsp3) is 0.269. The first-order chi connectivity index (χ1) is 16.4. The van der Waals surface area contributed by atoms with Gasteiger partial charge in [0.15, 0.2) is 11.0 Å². The Morgan fingerprint density at radius 3 is 2.44 bits per heavy atom. The average molecular weight is 494 g/mol. The third-order valence-corrected chi connectivity index (χ3v) is 7.06. The quantitative estimate of drug-likeness (QED) is 0.288. The summed E-state index contributed by atoms with van der Waals surface area (Å²) in [5, 5.41) is 12.4. The number of carbonyl (C=O) groups excluding carboxylic acids is 1. The minimum absolute atomic E-state index is 0.0247. The van der Waals surface area contributed by atoms with E-state index in [0.29, 0.717) is 16.7 Å². The molecule has 0 bridgehead atoms. The summed E-state index contributed by atoms with van der Waals surface area (Å²) in [5.41, 5.74) is 1.83. The third kappa shape index (κ3) is 4.97. The van der Waals surface area contributed by atoms with Crippen LogP contribution in [-0.4, -0.2) is 52.0 Å². The highest BCUT2D eigenvalue weighted by Crippen LogP contribution is 2.30. The van der Waals surface area contributed by atoms with Crippen LogP contribution in [0.25, 0.3) is 16.5 Å². The molecule has 1 heterocycles. The van der Waals surface area contributed by atoms with Gasteiger partial charge in [0.25, 0.3) is 0 Å². The molecule has 6 nitrogen and oxygen atoms in total. The Morgan fingerprint density at radius 1 is 1.03 bits per heavy atom. The van der Waals surface area contributed by atoms with E-state index in [1.54, 1.807) is 0 Å². The van der Waals surface area contributed by atoms with Crippen molar-refractivity contribution in [1.82, 2.24) is 19.7 Å². The molecule has 34 heavy (non-hydrogen) atoms. The van der Waals surface area contributed by atoms with Gasteiger partial charge in [-0.3, -0.25) is 14.3 Å². The van der Waals surface area contributed by atoms with E-state index in [1.165, 1.54) is 11.8 Å². The number of hydrogen-bond acceptors (Lipinski definition) is 5. The number of carbonyl (C=O) groups is 1. The van der Waals surface area contributed by atoms with E-state index >= 15 is 0 Å². The van der Waals surface area contributed by atoms with Crippen LogP contribution in [0.4, 0.5) is 5.69 Å². The average Bonchev–Trinajstić information content (AvgIpc) is 3.27. The van der Waals surface area contributed by atoms with E-state index in [-0.39, 0.29) is 17.7 Å². The highest BCUT2D eigenvalue weighted by Gasteiger charge is 2.23. The van der Waals surface area contributed by atoms with Crippen LogP contribution >= 0.6 is 23.4 Å². The van der Waals surface area contributed by atoms with Crippen molar-refractivity contribution in [2.24, 2.45) is 0 Å². The second-order valence-electron chi connectivity index (χ2n) is 8.22. The van der Waals surface area contributed by atoms with Crippen LogP contribution in [0.2, 0.25) is 5.02 Å². The maximum Gasteiger partial charge on any atom is 0.237 e. The van der Waals surface area contributed by atoms with Crippen LogP contribution in [0.15, 0.2) is 71.9 Å². The molecule has 0 N–H and O–H groups in total. The summed E-state index contributed by atoms with van der Waals surface area (Å²) >= 11 is 7.51. The molecule has 0 saturated heterocycles. The monoisotopic (exact) mass is 493 g/mol. The normalized spacial score (nSPS) is 12.3. The maximum absolute atomic E-state index is 13.4. The zero-order valence-corrected chi connectivity index (χ0v) is 21.3. The Bertz CT molecular complexity index is 1280. The lowest BCUT2D eigenvalue weighted by atomic mass is 10.1. The second-order valence-corrected chi connectivity index (χ2v) is 9.60. The minimum Gasteiger partial charge on any atom is -0.311 e. The molecule has 0 radical (unpaired) electrons. The summed E-state index contributed by atoms with van der Waals surface area (Å²) in [7, 11) is 4.01. The van der Waals surface area contributed by atoms with E-state index in [9.17, 15) is 4.79 Å². The molecule has 176 valence electrons. The summed E-state index contributed by atoms with van der Waals surface area (Å²) in [5.74, 6) is 1.08. The van der Waals surface area contributed by atoms with Crippen LogP contribution in [0.5, 0.6) is 0 Å². The predicted molar refractivity (Wildman–Crippen MR) is 141 cm³/mol. The van der Waals surface area contributed by atoms with Crippen molar-refractivity contribution in [3.05, 3.63) is 77.6 Å². The van der Waals surface area contributed by atoms with E-state index in [1.807, 2.05) is 79.0 Å². The summed E-state index contributed by atoms with van der Waals surface area (Å²) in [6.07, 6.45) is 0. The SMILES string of the molecule is CCN(C(=O)CSc1nnc(C(C)N(C)C)n1-c1ccc(Cl)cc1)c1cccc2ccccc12. The van der Waals surface area contributed by atoms with Crippen LogP contribution in [0, 0.1) is 0 Å². The van der Waals surface area contributed by atoms with Gasteiger partial charge in [-0.1, -0.05) is 59.8 Å². The minimum atomic E-state index is 0.0247. The number of halogens is 1. The lowest BCUT2D eigenvalue weighted by molar-refractivity contribution is -0.116. The summed E-state index contributed by atoms with van der Waals surface area (Å²) < 4.78 is 2.01. The Balaban J connectivity index is 1.62. The van der Waals surface area contributed by atoms with Crippen molar-refractivity contribution < 1.29 is 4.79 Å². The molecule has 1 amide bonds. The van der Waals surface area contributed by atoms with Crippen LogP contribution in [0.3, 0.4) is 0 Å². The molecule has 0 fully saturated rings. The number of anilines is 1. The Hall–Kier alpha value is -2.87. The molecule has 0 aliphatic carbocycles. The number of benzene rings is 3. The van der Waals surface area contributed by atoms with Crippen molar-refractivity contribution in [2.45, 2.75) is 25.0 Å². The Kier molecular flexibility index (Phi) is 7.56. The highest BCUT2D eigenvalue weighted by molar-refractivity contribution is 7.99. The first-order valence-corrected chi connectivity index (χ1v) is 12.6. The maximum atomic E-state index is 13.4. The molecule has 0 spiro atoms. The molecule has 3 aromatic carbocycles. The van der Waals surface area contributed by atoms with Gasteiger partial charge >= 0.3 is 0 Å². The Morgan fingerprint density at radius 2 is 1.74 bits per heavy atom. The standard InChI is InChI=1S/C26H28ClN5OS/c1-5-31(23-12-8-10-19-9-6-7-11-22(19)23)24(33)17-34-26-29-28-25(18(2)30(3)4)32(26)21-15-13-20(27)14-16-21/h6-16,18H,5,17H2,1-4H3. The molecule has 0 saturated carbocycles. The number of fused-ring (bicyclic) bond motifs is 1. The van der Waals surface area contributed by atoms with Gasteiger partial charge in [0.1, 0.15) is 0 Å². The number of thioether (sulfide) groups is 1. The van der Waals surface area contributed by atoms with Gasteiger partial charge in [0.05, 0.1) is 17.5 Å². The van der Waals surface area contributed by atoms with Gasteiger partial charge in [-0.05, 0) is 63.7 Å². The molecular formula is C26H28ClN5OS. The van der Waals surface area contributed by atoms with Crippen molar-refractivity contribution in [2.75, 3.05) is 31.3 Å². The van der Waals surface area contributed by atoms with E-state index in [4.69, 9.17) is 11.6 Å². The van der Waals surface area contributed by atoms with Gasteiger partial charge in [0, 0.05) is 22.6 Å². The Labute approximate surface area is 209 Å². The van der Waals surface area contributed by atoms with E-state index in [2.05, 4.69) is 40.2 Å². The fourth-order valence-electron chi connectivity index (χ4n) is 3.84. The first kappa shape index (κ1) is 24.3. The van der Waals surface area contributed by atoms with Crippen LogP contribution in [0.1, 0.15) is 25.7 Å². The lowest BCUT2D eigenvalue weighted by Gasteiger charge is -2.23. The van der Waals surface area contributed by atoms with Crippen LogP contribution in [-0.2, 0) is 4.79 Å². The van der Waals surface area contributed by atoms with Crippen molar-refractivity contribution in [3.8, 4) is 5.69 Å². The van der Waals surface area contributed by atoms with Gasteiger partial charge < -0.3 is 4.90 Å². The molecule has 0 aliphatic heterocycles. The molecule has 1 aromatic heterocycles. The number of aromatic nitrogens is 3. The third-order valence-electron chi connectivity index (χ3n) is 5.89. The van der Waals surface area contributed by atoms with Crippen molar-refractivity contribution in [1.29, 1.82) is 0 Å². The second kappa shape index (κ2) is 10.6. The largest absolute Gasteiger partial charge is 0.311 e. The van der Waals surface area contributed by atoms with Gasteiger partial charge in [-0.25, -0.2) is 0 Å². The molecule has 8 heteroatoms. The zero-order chi connectivity index (χ0) is 24.2. The zero-order valence-electron chi connectivity index (χ0n) is 19.8. The number of hydrogen-bond donors (Lipinski definition) is 0. The molecule has 1 atom stereocenters. The predicted octanol–water partition coefficient (Wildman–Crippen LogP) is 5.84. The fourth-order valence-corrected chi connectivity index (χ4v) is 4.80. The smallest absolute Gasteiger partial charge is 0.237 e. The summed E-state index contributed by atoms with van der Waals surface area (Å²) in [6, 6.07) is 21.8. The number of nitrogens with zero attached hydrogens (tertiary/aromatic N) is 5. The summed E-state index contributed by atoms with van der Waals surface area (Å²) in [6.45, 7) is 4.66. The van der Waals surface area contributed by atoms with Crippen LogP contribution < -0.4 is 4.90 Å². The topological polar surface area (TPSA) is 54.3 Å². The molecule has 4 aromatic rings. The van der Waals surface area contributed by atoms with E-state index < -0.39 is 0 Å². The number of amides is 1. The molecule has 1 unspecified atom stereocenters. The molecule has 0 aliphatic rings. The summed E-state index contributed by atoms with van der Waals surface area (Å²) in [4.78, 5) is 17.3. The van der Waals surface area contributed by atoms with Crippen molar-refractivity contribution >= 4 is 45.7 Å². The van der Waals surface area contributed by atoms with Gasteiger partial charge in [0.2, 0.25) is 5.91 Å². The molecule has 4 rings (SSSR count).